The molecule has 0 N–H and O–H groups in total. The summed E-state index contributed by atoms with van der Waals surface area (Å²) in [6, 6.07) is 7.99. The molecule has 0 bridgehead atoms. The van der Waals surface area contributed by atoms with Crippen molar-refractivity contribution in [1.82, 2.24) is 0 Å². The van der Waals surface area contributed by atoms with E-state index >= 15 is 0 Å². The number of thioether (sulfide) groups is 1. The minimum absolute atomic E-state index is 0.532. The van der Waals surface area contributed by atoms with Crippen molar-refractivity contribution in [3.63, 3.8) is 0 Å². The summed E-state index contributed by atoms with van der Waals surface area (Å²) in [5, 5.41) is 0. The third kappa shape index (κ3) is 2.95. The Morgan fingerprint density at radius 1 is 1.33 bits per heavy atom. The van der Waals surface area contributed by atoms with Crippen molar-refractivity contribution in [1.29, 1.82) is 0 Å². The van der Waals surface area contributed by atoms with Gasteiger partial charge in [-0.2, -0.15) is 0 Å². The van der Waals surface area contributed by atoms with E-state index in [1.807, 2.05) is 24.3 Å². The quantitative estimate of drug-likeness (QED) is 0.549. The fourth-order valence-corrected chi connectivity index (χ4v) is 1.31. The van der Waals surface area contributed by atoms with Gasteiger partial charge in [0, 0.05) is 4.90 Å². The maximum Gasteiger partial charge on any atom is 0.119 e. The molecule has 0 saturated carbocycles. The van der Waals surface area contributed by atoms with Gasteiger partial charge in [-0.3, -0.25) is 0 Å². The molecule has 0 unspecified atom stereocenters. The van der Waals surface area contributed by atoms with E-state index in [1.54, 1.807) is 11.8 Å². The predicted octanol–water partition coefficient (Wildman–Crippen LogP) is 3.03. The van der Waals surface area contributed by atoms with Gasteiger partial charge in [0.25, 0.3) is 0 Å². The second kappa shape index (κ2) is 5.33. The van der Waals surface area contributed by atoms with Crippen molar-refractivity contribution in [3.05, 3.63) is 24.3 Å². The average Bonchev–Trinajstić information content (AvgIpc) is 2.15. The third-order valence-electron chi connectivity index (χ3n) is 1.41. The Bertz CT molecular complexity index is 222. The highest BCUT2D eigenvalue weighted by atomic mass is 35.5. The number of rotatable bonds is 4. The van der Waals surface area contributed by atoms with Crippen LogP contribution in [0.5, 0.6) is 5.75 Å². The molecule has 1 aromatic carbocycles. The lowest BCUT2D eigenvalue weighted by atomic mass is 10.3. The molecular weight excluding hydrogens is 192 g/mol. The number of ether oxygens (including phenoxy) is 1. The Labute approximate surface area is 82.1 Å². The zero-order chi connectivity index (χ0) is 8.81. The van der Waals surface area contributed by atoms with Gasteiger partial charge < -0.3 is 4.74 Å². The van der Waals surface area contributed by atoms with Gasteiger partial charge in [0.05, 0.1) is 5.88 Å². The van der Waals surface area contributed by atoms with E-state index in [2.05, 4.69) is 6.26 Å². The van der Waals surface area contributed by atoms with Gasteiger partial charge in [0.15, 0.2) is 0 Å². The van der Waals surface area contributed by atoms with Gasteiger partial charge in [0.1, 0.15) is 12.4 Å². The van der Waals surface area contributed by atoms with Crippen LogP contribution in [0.3, 0.4) is 0 Å². The van der Waals surface area contributed by atoms with Crippen LogP contribution >= 0.6 is 23.4 Å². The number of halogens is 1. The van der Waals surface area contributed by atoms with Gasteiger partial charge in [-0.1, -0.05) is 0 Å². The Kier molecular flexibility index (Phi) is 4.33. The molecule has 0 amide bonds. The van der Waals surface area contributed by atoms with Crippen molar-refractivity contribution in [2.75, 3.05) is 18.7 Å². The summed E-state index contributed by atoms with van der Waals surface area (Å²) < 4.78 is 5.31. The normalized spacial score (nSPS) is 9.83. The molecule has 1 aromatic rings. The Balaban J connectivity index is 2.53. The van der Waals surface area contributed by atoms with Crippen molar-refractivity contribution in [2.45, 2.75) is 4.90 Å². The van der Waals surface area contributed by atoms with Crippen LogP contribution in [0.25, 0.3) is 0 Å². The van der Waals surface area contributed by atoms with E-state index in [0.717, 1.165) is 5.75 Å². The maximum atomic E-state index is 5.48. The third-order valence-corrected chi connectivity index (χ3v) is 2.30. The average molecular weight is 203 g/mol. The van der Waals surface area contributed by atoms with Crippen LogP contribution in [-0.4, -0.2) is 18.7 Å². The van der Waals surface area contributed by atoms with Crippen LogP contribution in [0.4, 0.5) is 0 Å². The monoisotopic (exact) mass is 202 g/mol. The molecule has 66 valence electrons. The van der Waals surface area contributed by atoms with Crippen molar-refractivity contribution in [3.8, 4) is 5.75 Å². The molecule has 3 heteroatoms. The summed E-state index contributed by atoms with van der Waals surface area (Å²) in [4.78, 5) is 1.24. The van der Waals surface area contributed by atoms with Gasteiger partial charge in [-0.25, -0.2) is 0 Å². The minimum Gasteiger partial charge on any atom is -0.492 e. The predicted molar refractivity (Wildman–Crippen MR) is 54.4 cm³/mol. The molecular formula is C9H11ClOS. The molecule has 12 heavy (non-hydrogen) atoms. The molecule has 0 saturated heterocycles. The SMILES string of the molecule is CSc1ccc(OCCCl)cc1. The minimum atomic E-state index is 0.532. The summed E-state index contributed by atoms with van der Waals surface area (Å²) in [7, 11) is 0. The number of hydrogen-bond donors (Lipinski definition) is 0. The molecule has 1 nitrogen and oxygen atoms in total. The number of benzene rings is 1. The first-order chi connectivity index (χ1) is 5.86. The van der Waals surface area contributed by atoms with E-state index in [9.17, 15) is 0 Å². The van der Waals surface area contributed by atoms with E-state index < -0.39 is 0 Å². The van der Waals surface area contributed by atoms with Crippen LogP contribution in [0, 0.1) is 0 Å². The second-order valence-corrected chi connectivity index (χ2v) is 3.47. The van der Waals surface area contributed by atoms with Crippen LogP contribution in [0.2, 0.25) is 0 Å². The first-order valence-electron chi connectivity index (χ1n) is 3.69. The summed E-state index contributed by atoms with van der Waals surface area (Å²) in [6.45, 7) is 0.570. The van der Waals surface area contributed by atoms with Crippen molar-refractivity contribution in [2.24, 2.45) is 0 Å². The van der Waals surface area contributed by atoms with Crippen LogP contribution in [-0.2, 0) is 0 Å². The van der Waals surface area contributed by atoms with Crippen LogP contribution in [0.1, 0.15) is 0 Å². The smallest absolute Gasteiger partial charge is 0.119 e. The topological polar surface area (TPSA) is 9.23 Å². The summed E-state index contributed by atoms with van der Waals surface area (Å²) in [6.07, 6.45) is 2.05. The molecule has 0 spiro atoms. The van der Waals surface area contributed by atoms with Crippen molar-refractivity contribution >= 4 is 23.4 Å². The van der Waals surface area contributed by atoms with Crippen LogP contribution in [0.15, 0.2) is 29.2 Å². The number of alkyl halides is 1. The van der Waals surface area contributed by atoms with E-state index in [4.69, 9.17) is 16.3 Å². The number of hydrogen-bond acceptors (Lipinski definition) is 2. The standard InChI is InChI=1S/C9H11ClOS/c1-12-9-4-2-8(3-5-9)11-7-6-10/h2-5H,6-7H2,1H3. The van der Waals surface area contributed by atoms with E-state index in [1.165, 1.54) is 4.90 Å². The van der Waals surface area contributed by atoms with Crippen LogP contribution < -0.4 is 4.74 Å². The zero-order valence-corrected chi connectivity index (χ0v) is 8.49. The lowest BCUT2D eigenvalue weighted by molar-refractivity contribution is 0.342. The Morgan fingerprint density at radius 2 is 2.00 bits per heavy atom. The molecule has 0 aliphatic heterocycles. The molecule has 0 heterocycles. The molecule has 0 radical (unpaired) electrons. The fraction of sp³-hybridized carbons (Fsp3) is 0.333. The summed E-state index contributed by atoms with van der Waals surface area (Å²) >= 11 is 7.20. The zero-order valence-electron chi connectivity index (χ0n) is 6.92. The molecule has 0 aromatic heterocycles. The van der Waals surface area contributed by atoms with Gasteiger partial charge in [0.2, 0.25) is 0 Å². The first-order valence-corrected chi connectivity index (χ1v) is 5.45. The van der Waals surface area contributed by atoms with Gasteiger partial charge in [-0.15, -0.1) is 23.4 Å². The Morgan fingerprint density at radius 3 is 2.50 bits per heavy atom. The van der Waals surface area contributed by atoms with E-state index in [0.29, 0.717) is 12.5 Å². The molecule has 0 aliphatic carbocycles. The first kappa shape index (κ1) is 9.75. The van der Waals surface area contributed by atoms with E-state index in [-0.39, 0.29) is 0 Å². The lowest BCUT2D eigenvalue weighted by Crippen LogP contribution is -1.97. The summed E-state index contributed by atoms with van der Waals surface area (Å²) in [5.74, 6) is 1.41. The molecule has 1 rings (SSSR count). The van der Waals surface area contributed by atoms with Crippen molar-refractivity contribution < 1.29 is 4.74 Å². The lowest BCUT2D eigenvalue weighted by Gasteiger charge is -2.03. The summed E-state index contributed by atoms with van der Waals surface area (Å²) in [5.41, 5.74) is 0. The second-order valence-electron chi connectivity index (χ2n) is 2.21. The highest BCUT2D eigenvalue weighted by molar-refractivity contribution is 7.98. The van der Waals surface area contributed by atoms with Gasteiger partial charge >= 0.3 is 0 Å². The largest absolute Gasteiger partial charge is 0.492 e. The highest BCUT2D eigenvalue weighted by Crippen LogP contribution is 2.18. The molecule has 0 fully saturated rings. The van der Waals surface area contributed by atoms with Gasteiger partial charge in [-0.05, 0) is 30.5 Å². The maximum absolute atomic E-state index is 5.48. The Hall–Kier alpha value is -0.340. The highest BCUT2D eigenvalue weighted by Gasteiger charge is 1.92. The molecule has 0 atom stereocenters. The molecule has 0 aliphatic rings. The fourth-order valence-electron chi connectivity index (χ4n) is 0.828.